The molecule has 0 unspecified atom stereocenters. The first kappa shape index (κ1) is 32.0. The lowest BCUT2D eigenvalue weighted by Crippen LogP contribution is -2.28. The molecule has 0 amide bonds. The van der Waals surface area contributed by atoms with Crippen molar-refractivity contribution in [2.24, 2.45) is 4.99 Å². The van der Waals surface area contributed by atoms with E-state index < -0.39 is 0 Å². The Hall–Kier alpha value is -5.93. The van der Waals surface area contributed by atoms with Gasteiger partial charge in [-0.3, -0.25) is 4.99 Å². The zero-order chi connectivity index (χ0) is 33.3. The number of nitrogens with one attached hydrogen (secondary N) is 1. The molecule has 0 heterocycles. The van der Waals surface area contributed by atoms with E-state index in [0.717, 1.165) is 28.1 Å². The number of nitrogens with zero attached hydrogens (tertiary/aromatic N) is 1. The fourth-order valence-electron chi connectivity index (χ4n) is 6.65. The Labute approximate surface area is 284 Å². The average molecular weight is 624 g/mol. The molecule has 0 aliphatic heterocycles. The maximum atomic E-state index is 6.11. The highest BCUT2D eigenvalue weighted by atomic mass is 14.8. The molecule has 0 saturated carbocycles. The molecule has 3 N–H and O–H groups in total. The quantitative estimate of drug-likeness (QED) is 0.131. The van der Waals surface area contributed by atoms with E-state index in [9.17, 15) is 0 Å². The molecule has 6 aromatic carbocycles. The van der Waals surface area contributed by atoms with Crippen LogP contribution in [0.4, 0.5) is 5.69 Å². The average Bonchev–Trinajstić information content (AvgIpc) is 3.45. The van der Waals surface area contributed by atoms with Crippen LogP contribution < -0.4 is 11.1 Å². The lowest BCUT2D eigenvalue weighted by molar-refractivity contribution is 0.768. The summed E-state index contributed by atoms with van der Waals surface area (Å²) in [5.74, 6) is 0. The molecule has 236 valence electrons. The normalized spacial score (nSPS) is 12.6. The fraction of sp³-hybridized carbons (Fsp3) is 0.0889. The monoisotopic (exact) mass is 623 g/mol. The Bertz CT molecular complexity index is 2010. The molecule has 0 saturated heterocycles. The number of nitrogens with two attached hydrogens (primary N) is 1. The minimum atomic E-state index is -0.325. The van der Waals surface area contributed by atoms with Crippen LogP contribution in [0.25, 0.3) is 22.9 Å². The minimum Gasteiger partial charge on any atom is -0.398 e. The number of para-hydroxylation sites is 1. The summed E-state index contributed by atoms with van der Waals surface area (Å²) in [7, 11) is 1.91. The minimum absolute atomic E-state index is 0.325. The number of anilines is 1. The molecular formula is C45H41N3. The molecule has 7 rings (SSSR count). The summed E-state index contributed by atoms with van der Waals surface area (Å²) in [6, 6.07) is 53.5. The van der Waals surface area contributed by atoms with Crippen LogP contribution in [0, 0.1) is 0 Å². The second kappa shape index (κ2) is 14.7. The lowest BCUT2D eigenvalue weighted by Gasteiger charge is -2.34. The van der Waals surface area contributed by atoms with Crippen molar-refractivity contribution in [2.75, 3.05) is 12.8 Å². The van der Waals surface area contributed by atoms with E-state index in [1.54, 1.807) is 0 Å². The molecule has 3 heteroatoms. The smallest absolute Gasteiger partial charge is 0.0713 e. The zero-order valence-electron chi connectivity index (χ0n) is 27.6. The molecule has 0 fully saturated rings. The lowest BCUT2D eigenvalue weighted by atomic mass is 9.67. The molecule has 0 radical (unpaired) electrons. The van der Waals surface area contributed by atoms with Crippen LogP contribution in [0.1, 0.15) is 51.4 Å². The van der Waals surface area contributed by atoms with Crippen molar-refractivity contribution in [1.29, 1.82) is 0 Å². The summed E-state index contributed by atoms with van der Waals surface area (Å²) in [5.41, 5.74) is 19.7. The van der Waals surface area contributed by atoms with E-state index in [4.69, 9.17) is 5.73 Å². The van der Waals surface area contributed by atoms with Crippen LogP contribution in [0.3, 0.4) is 0 Å². The fourth-order valence-corrected chi connectivity index (χ4v) is 6.65. The van der Waals surface area contributed by atoms with Gasteiger partial charge in [0.05, 0.1) is 12.0 Å². The summed E-state index contributed by atoms with van der Waals surface area (Å²) in [6.45, 7) is 6.76. The number of allylic oxidation sites excluding steroid dienone is 1. The number of fused-ring (bicyclic) bond motifs is 3. The van der Waals surface area contributed by atoms with Crippen molar-refractivity contribution in [3.05, 3.63) is 209 Å². The SMILES string of the molecule is C/C=C\c1cccc(C=NCc2ccccc2)c1N.C=C(NC)c1ccc(C2(c3ccccc3)c3ccccc3-c3ccccc32)cc1. The Kier molecular flexibility index (Phi) is 9.78. The Balaban J connectivity index is 0.000000184. The van der Waals surface area contributed by atoms with Gasteiger partial charge in [-0.05, 0) is 57.0 Å². The first-order valence-corrected chi connectivity index (χ1v) is 16.3. The predicted molar refractivity (Wildman–Crippen MR) is 205 cm³/mol. The molecule has 6 aromatic rings. The van der Waals surface area contributed by atoms with Gasteiger partial charge in [-0.2, -0.15) is 0 Å². The molecule has 1 aliphatic carbocycles. The predicted octanol–water partition coefficient (Wildman–Crippen LogP) is 10.2. The molecule has 0 bridgehead atoms. The molecule has 0 aromatic heterocycles. The highest BCUT2D eigenvalue weighted by Gasteiger charge is 2.45. The van der Waals surface area contributed by atoms with Gasteiger partial charge in [-0.15, -0.1) is 0 Å². The summed E-state index contributed by atoms with van der Waals surface area (Å²) >= 11 is 0. The van der Waals surface area contributed by atoms with Gasteiger partial charge < -0.3 is 11.1 Å². The van der Waals surface area contributed by atoms with Crippen LogP contribution in [0.5, 0.6) is 0 Å². The van der Waals surface area contributed by atoms with Crippen LogP contribution >= 0.6 is 0 Å². The van der Waals surface area contributed by atoms with Crippen molar-refractivity contribution in [3.8, 4) is 11.1 Å². The zero-order valence-corrected chi connectivity index (χ0v) is 27.6. The Morgan fingerprint density at radius 3 is 1.81 bits per heavy atom. The van der Waals surface area contributed by atoms with E-state index in [1.165, 1.54) is 38.9 Å². The molecule has 1 aliphatic rings. The van der Waals surface area contributed by atoms with E-state index >= 15 is 0 Å². The maximum absolute atomic E-state index is 6.11. The molecule has 0 spiro atoms. The molecule has 0 atom stereocenters. The first-order chi connectivity index (χ1) is 23.6. The van der Waals surface area contributed by atoms with Crippen molar-refractivity contribution >= 4 is 23.7 Å². The van der Waals surface area contributed by atoms with Gasteiger partial charge in [0.2, 0.25) is 0 Å². The number of aliphatic imine (C=N–C) groups is 1. The Morgan fingerprint density at radius 2 is 1.21 bits per heavy atom. The number of nitrogen functional groups attached to an aromatic ring is 1. The van der Waals surface area contributed by atoms with Crippen LogP contribution in [-0.2, 0) is 12.0 Å². The van der Waals surface area contributed by atoms with Crippen LogP contribution in [0.15, 0.2) is 169 Å². The molecular weight excluding hydrogens is 583 g/mol. The highest BCUT2D eigenvalue weighted by Crippen LogP contribution is 2.55. The maximum Gasteiger partial charge on any atom is 0.0713 e. The van der Waals surface area contributed by atoms with Gasteiger partial charge in [0.1, 0.15) is 0 Å². The van der Waals surface area contributed by atoms with Gasteiger partial charge in [0.15, 0.2) is 0 Å². The van der Waals surface area contributed by atoms with E-state index in [1.807, 2.05) is 68.7 Å². The molecule has 3 nitrogen and oxygen atoms in total. The van der Waals surface area contributed by atoms with Crippen molar-refractivity contribution < 1.29 is 0 Å². The van der Waals surface area contributed by atoms with Gasteiger partial charge in [0, 0.05) is 30.2 Å². The van der Waals surface area contributed by atoms with E-state index in [2.05, 4.69) is 132 Å². The van der Waals surface area contributed by atoms with Gasteiger partial charge in [0.25, 0.3) is 0 Å². The third-order valence-electron chi connectivity index (χ3n) is 8.99. The second-order valence-electron chi connectivity index (χ2n) is 11.8. The molecule has 48 heavy (non-hydrogen) atoms. The topological polar surface area (TPSA) is 50.4 Å². The highest BCUT2D eigenvalue weighted by molar-refractivity contribution is 5.90. The van der Waals surface area contributed by atoms with Crippen LogP contribution in [-0.4, -0.2) is 13.3 Å². The Morgan fingerprint density at radius 1 is 0.667 bits per heavy atom. The standard InChI is InChI=1S/C28H23N.C17H18N2/c1-20(29-2)21-16-18-23(19-17-21)28(22-10-4-3-5-11-22)26-14-8-6-12-24(26)25-13-7-9-15-27(25)28;1-2-7-15-10-6-11-16(17(15)18)13-19-12-14-8-4-3-5-9-14/h3-19,29H,1H2,2H3;2-11,13H,12,18H2,1H3/b;7-2-,19-13?. The van der Waals surface area contributed by atoms with Crippen molar-refractivity contribution in [3.63, 3.8) is 0 Å². The largest absolute Gasteiger partial charge is 0.398 e. The van der Waals surface area contributed by atoms with E-state index in [-0.39, 0.29) is 5.41 Å². The summed E-state index contributed by atoms with van der Waals surface area (Å²) in [5, 5.41) is 3.15. The van der Waals surface area contributed by atoms with Gasteiger partial charge in [-0.1, -0.05) is 170 Å². The third-order valence-corrected chi connectivity index (χ3v) is 8.99. The first-order valence-electron chi connectivity index (χ1n) is 16.3. The van der Waals surface area contributed by atoms with Crippen LogP contribution in [0.2, 0.25) is 0 Å². The van der Waals surface area contributed by atoms with Gasteiger partial charge >= 0.3 is 0 Å². The number of benzene rings is 6. The number of hydrogen-bond acceptors (Lipinski definition) is 3. The number of hydrogen-bond donors (Lipinski definition) is 2. The third kappa shape index (κ3) is 6.23. The summed E-state index contributed by atoms with van der Waals surface area (Å²) in [6.07, 6.45) is 5.83. The van der Waals surface area contributed by atoms with Gasteiger partial charge in [-0.25, -0.2) is 0 Å². The summed E-state index contributed by atoms with van der Waals surface area (Å²) in [4.78, 5) is 4.44. The van der Waals surface area contributed by atoms with E-state index in [0.29, 0.717) is 6.54 Å². The van der Waals surface area contributed by atoms with Crippen molar-refractivity contribution in [2.45, 2.75) is 18.9 Å². The van der Waals surface area contributed by atoms with Crippen molar-refractivity contribution in [1.82, 2.24) is 5.32 Å². The number of rotatable bonds is 8. The summed E-state index contributed by atoms with van der Waals surface area (Å²) < 4.78 is 0. The second-order valence-corrected chi connectivity index (χ2v) is 11.8.